The van der Waals surface area contributed by atoms with E-state index in [4.69, 9.17) is 5.26 Å². The van der Waals surface area contributed by atoms with Crippen LogP contribution in [-0.2, 0) is 0 Å². The quantitative estimate of drug-likeness (QED) is 0.876. The second-order valence-electron chi connectivity index (χ2n) is 6.03. The molecule has 1 aromatic carbocycles. The molecule has 1 aromatic rings. The van der Waals surface area contributed by atoms with Crippen LogP contribution in [0.5, 0.6) is 0 Å². The molecule has 0 saturated carbocycles. The van der Waals surface area contributed by atoms with E-state index < -0.39 is 0 Å². The lowest BCUT2D eigenvalue weighted by molar-refractivity contribution is 0.126. The third kappa shape index (κ3) is 4.69. The maximum Gasteiger partial charge on any atom is 0.147 e. The molecule has 2 rings (SSSR count). The number of halogens is 1. The van der Waals surface area contributed by atoms with Crippen molar-refractivity contribution in [3.05, 3.63) is 29.6 Å². The first kappa shape index (κ1) is 16.7. The van der Waals surface area contributed by atoms with Crippen LogP contribution in [0.2, 0.25) is 0 Å². The summed E-state index contributed by atoms with van der Waals surface area (Å²) in [6.07, 6.45) is 0. The molecule has 1 fully saturated rings. The fourth-order valence-corrected chi connectivity index (χ4v) is 2.81. The average Bonchev–Trinajstić information content (AvgIpc) is 2.54. The van der Waals surface area contributed by atoms with E-state index in [1.807, 2.05) is 6.07 Å². The van der Waals surface area contributed by atoms with Crippen LogP contribution >= 0.6 is 0 Å². The molecular formula is C17H25FN4. The molecule has 1 aliphatic rings. The van der Waals surface area contributed by atoms with Gasteiger partial charge in [-0.3, -0.25) is 0 Å². The molecule has 0 radical (unpaired) electrons. The van der Waals surface area contributed by atoms with Crippen LogP contribution < -0.4 is 5.32 Å². The van der Waals surface area contributed by atoms with Crippen LogP contribution in [0.4, 0.5) is 10.1 Å². The monoisotopic (exact) mass is 304 g/mol. The highest BCUT2D eigenvalue weighted by Gasteiger charge is 2.17. The molecule has 1 aliphatic heterocycles. The Morgan fingerprint density at radius 3 is 2.55 bits per heavy atom. The van der Waals surface area contributed by atoms with E-state index in [0.29, 0.717) is 17.2 Å². The van der Waals surface area contributed by atoms with Gasteiger partial charge in [0.1, 0.15) is 5.82 Å². The Kier molecular flexibility index (Phi) is 6.17. The predicted octanol–water partition coefficient (Wildman–Crippen LogP) is 2.38. The lowest BCUT2D eigenvalue weighted by atomic mass is 10.1. The molecule has 5 heteroatoms. The van der Waals surface area contributed by atoms with Crippen molar-refractivity contribution in [3.8, 4) is 6.07 Å². The van der Waals surface area contributed by atoms with Gasteiger partial charge in [-0.1, -0.05) is 13.8 Å². The van der Waals surface area contributed by atoms with Gasteiger partial charge in [0.05, 0.1) is 17.3 Å². The first-order valence-electron chi connectivity index (χ1n) is 8.00. The van der Waals surface area contributed by atoms with Gasteiger partial charge in [-0.15, -0.1) is 0 Å². The molecule has 4 nitrogen and oxygen atoms in total. The fraction of sp³-hybridized carbons (Fsp3) is 0.588. The summed E-state index contributed by atoms with van der Waals surface area (Å²) in [7, 11) is 0. The minimum Gasteiger partial charge on any atom is -0.382 e. The van der Waals surface area contributed by atoms with Gasteiger partial charge in [0, 0.05) is 39.3 Å². The first-order valence-corrected chi connectivity index (χ1v) is 8.00. The Hall–Kier alpha value is -1.64. The van der Waals surface area contributed by atoms with E-state index in [1.165, 1.54) is 6.07 Å². The molecule has 1 N–H and O–H groups in total. The highest BCUT2D eigenvalue weighted by molar-refractivity contribution is 5.48. The van der Waals surface area contributed by atoms with Crippen LogP contribution in [0, 0.1) is 23.1 Å². The zero-order chi connectivity index (χ0) is 15.9. The van der Waals surface area contributed by atoms with Crippen molar-refractivity contribution in [1.82, 2.24) is 9.80 Å². The molecule has 120 valence electrons. The highest BCUT2D eigenvalue weighted by atomic mass is 19.1. The molecular weight excluding hydrogens is 279 g/mol. The second kappa shape index (κ2) is 8.11. The number of nitriles is 1. The smallest absolute Gasteiger partial charge is 0.147 e. The summed E-state index contributed by atoms with van der Waals surface area (Å²) in [5.41, 5.74) is 0.826. The number of nitrogens with zero attached hydrogens (tertiary/aromatic N) is 3. The Morgan fingerprint density at radius 2 is 1.95 bits per heavy atom. The summed E-state index contributed by atoms with van der Waals surface area (Å²) < 4.78 is 13.8. The van der Waals surface area contributed by atoms with Gasteiger partial charge < -0.3 is 15.1 Å². The van der Waals surface area contributed by atoms with Gasteiger partial charge >= 0.3 is 0 Å². The van der Waals surface area contributed by atoms with Gasteiger partial charge in [0.2, 0.25) is 0 Å². The SMILES string of the molecule is CCN1CCN(C[C@@H](C)CNc2ccc(C#N)cc2F)CC1. The molecule has 0 bridgehead atoms. The van der Waals surface area contributed by atoms with E-state index in [1.54, 1.807) is 12.1 Å². The number of benzene rings is 1. The molecule has 0 aromatic heterocycles. The van der Waals surface area contributed by atoms with Crippen LogP contribution in [0.15, 0.2) is 18.2 Å². The van der Waals surface area contributed by atoms with E-state index in [9.17, 15) is 4.39 Å². The van der Waals surface area contributed by atoms with Gasteiger partial charge in [0.25, 0.3) is 0 Å². The molecule has 22 heavy (non-hydrogen) atoms. The maximum absolute atomic E-state index is 13.8. The number of anilines is 1. The van der Waals surface area contributed by atoms with Gasteiger partial charge in [-0.05, 0) is 30.7 Å². The number of rotatable bonds is 6. The zero-order valence-electron chi connectivity index (χ0n) is 13.5. The first-order chi connectivity index (χ1) is 10.6. The van der Waals surface area contributed by atoms with Gasteiger partial charge in [0.15, 0.2) is 0 Å². The number of hydrogen-bond acceptors (Lipinski definition) is 4. The van der Waals surface area contributed by atoms with E-state index in [0.717, 1.165) is 45.8 Å². The fourth-order valence-electron chi connectivity index (χ4n) is 2.81. The molecule has 1 heterocycles. The van der Waals surface area contributed by atoms with Gasteiger partial charge in [-0.25, -0.2) is 4.39 Å². The number of hydrogen-bond donors (Lipinski definition) is 1. The minimum absolute atomic E-state index is 0.352. The number of piperazine rings is 1. The lowest BCUT2D eigenvalue weighted by Crippen LogP contribution is -2.47. The standard InChI is InChI=1S/C17H25FN4/c1-3-21-6-8-22(9-7-21)13-14(2)12-20-17-5-4-15(11-19)10-16(17)18/h4-5,10,14,20H,3,6-9,12-13H2,1-2H3/t14-/m0/s1. The van der Waals surface area contributed by atoms with Crippen molar-refractivity contribution in [2.45, 2.75) is 13.8 Å². The Morgan fingerprint density at radius 1 is 1.27 bits per heavy atom. The van der Waals surface area contributed by atoms with Crippen LogP contribution in [0.25, 0.3) is 0 Å². The van der Waals surface area contributed by atoms with Crippen molar-refractivity contribution in [2.75, 3.05) is 51.1 Å². The normalized spacial score (nSPS) is 17.9. The number of likely N-dealkylation sites (N-methyl/N-ethyl adjacent to an activating group) is 1. The van der Waals surface area contributed by atoms with Crippen molar-refractivity contribution in [2.24, 2.45) is 5.92 Å². The predicted molar refractivity (Wildman–Crippen MR) is 87.3 cm³/mol. The molecule has 1 saturated heterocycles. The van der Waals surface area contributed by atoms with Gasteiger partial charge in [-0.2, -0.15) is 5.26 Å². The van der Waals surface area contributed by atoms with Crippen molar-refractivity contribution in [3.63, 3.8) is 0 Å². The molecule has 1 atom stereocenters. The number of nitrogens with one attached hydrogen (secondary N) is 1. The van der Waals surface area contributed by atoms with E-state index in [2.05, 4.69) is 29.0 Å². The van der Waals surface area contributed by atoms with Crippen LogP contribution in [0.3, 0.4) is 0 Å². The third-order valence-corrected chi connectivity index (χ3v) is 4.22. The summed E-state index contributed by atoms with van der Waals surface area (Å²) in [6, 6.07) is 6.50. The molecule has 0 unspecified atom stereocenters. The minimum atomic E-state index is -0.359. The molecule has 0 amide bonds. The summed E-state index contributed by atoms with van der Waals surface area (Å²) in [6.45, 7) is 11.8. The molecule has 0 aliphatic carbocycles. The third-order valence-electron chi connectivity index (χ3n) is 4.22. The Labute approximate surface area is 132 Å². The average molecular weight is 304 g/mol. The van der Waals surface area contributed by atoms with E-state index >= 15 is 0 Å². The Balaban J connectivity index is 1.76. The second-order valence-corrected chi connectivity index (χ2v) is 6.03. The summed E-state index contributed by atoms with van der Waals surface area (Å²) in [5, 5.41) is 11.9. The van der Waals surface area contributed by atoms with E-state index in [-0.39, 0.29) is 5.82 Å². The van der Waals surface area contributed by atoms with Crippen LogP contribution in [0.1, 0.15) is 19.4 Å². The highest BCUT2D eigenvalue weighted by Crippen LogP contribution is 2.16. The maximum atomic E-state index is 13.8. The van der Waals surface area contributed by atoms with Crippen molar-refractivity contribution in [1.29, 1.82) is 5.26 Å². The Bertz CT molecular complexity index is 518. The molecule has 0 spiro atoms. The zero-order valence-corrected chi connectivity index (χ0v) is 13.5. The van der Waals surface area contributed by atoms with Crippen molar-refractivity contribution >= 4 is 5.69 Å². The lowest BCUT2D eigenvalue weighted by Gasteiger charge is -2.35. The summed E-state index contributed by atoms with van der Waals surface area (Å²) >= 11 is 0. The van der Waals surface area contributed by atoms with Crippen molar-refractivity contribution < 1.29 is 4.39 Å². The topological polar surface area (TPSA) is 42.3 Å². The largest absolute Gasteiger partial charge is 0.382 e. The summed E-state index contributed by atoms with van der Waals surface area (Å²) in [4.78, 5) is 4.94. The summed E-state index contributed by atoms with van der Waals surface area (Å²) in [5.74, 6) is 0.0889. The van der Waals surface area contributed by atoms with Crippen LogP contribution in [-0.4, -0.2) is 55.6 Å².